The first-order chi connectivity index (χ1) is 5.46. The summed E-state index contributed by atoms with van der Waals surface area (Å²) < 4.78 is 1.17. The Hall–Kier alpha value is -0.283. The Kier molecular flexibility index (Phi) is 2.63. The third-order valence-electron chi connectivity index (χ3n) is 2.49. The molecule has 0 aliphatic rings. The van der Waals surface area contributed by atoms with Gasteiger partial charge < -0.3 is 5.11 Å². The molecule has 0 spiro atoms. The molecule has 1 nitrogen and oxygen atoms in total. The van der Waals surface area contributed by atoms with Crippen LogP contribution in [0.2, 0.25) is 0 Å². The molecule has 0 unspecified atom stereocenters. The van der Waals surface area contributed by atoms with E-state index in [9.17, 15) is 5.11 Å². The largest absolute Gasteiger partial charge is 0.507 e. The number of benzene rings is 1. The third kappa shape index (κ3) is 1.31. The van der Waals surface area contributed by atoms with Gasteiger partial charge in [0.1, 0.15) is 5.75 Å². The smallest absolute Gasteiger partial charge is 0.121 e. The molecule has 0 aromatic heterocycles. The lowest BCUT2D eigenvalue weighted by atomic mass is 10.1. The first-order valence-electron chi connectivity index (χ1n) is 3.91. The quantitative estimate of drug-likeness (QED) is 0.678. The van der Waals surface area contributed by atoms with E-state index in [1.807, 2.05) is 20.8 Å². The van der Waals surface area contributed by atoms with Crippen LogP contribution < -0.4 is 5.19 Å². The summed E-state index contributed by atoms with van der Waals surface area (Å²) in [5.41, 5.74) is 3.17. The standard InChI is InChI=1S/C9H13BrOSi/c1-4-5(2)8(11)6(3)9(12)7(4)10/h11H,1-3,12H3. The van der Waals surface area contributed by atoms with E-state index in [0.29, 0.717) is 5.75 Å². The molecule has 0 bridgehead atoms. The molecule has 0 atom stereocenters. The lowest BCUT2D eigenvalue weighted by Crippen LogP contribution is -2.12. The number of phenolic OH excluding ortho intramolecular Hbond substituents is 1. The van der Waals surface area contributed by atoms with Crippen LogP contribution in [0.3, 0.4) is 0 Å². The highest BCUT2D eigenvalue weighted by Gasteiger charge is 2.10. The fraction of sp³-hybridized carbons (Fsp3) is 0.333. The Morgan fingerprint density at radius 3 is 2.08 bits per heavy atom. The summed E-state index contributed by atoms with van der Waals surface area (Å²) in [7, 11) is 0.967. The minimum absolute atomic E-state index is 0.459. The highest BCUT2D eigenvalue weighted by atomic mass is 79.9. The molecule has 1 aromatic rings. The van der Waals surface area contributed by atoms with Crippen molar-refractivity contribution in [3.05, 3.63) is 21.2 Å². The van der Waals surface area contributed by atoms with Crippen molar-refractivity contribution in [1.29, 1.82) is 0 Å². The molecule has 0 amide bonds. The second kappa shape index (κ2) is 3.22. The molecule has 1 N–H and O–H groups in total. The fourth-order valence-corrected chi connectivity index (χ4v) is 2.45. The van der Waals surface area contributed by atoms with E-state index in [0.717, 1.165) is 26.9 Å². The SMILES string of the molecule is Cc1c(C)c(Br)c([SiH3])c(C)c1O. The van der Waals surface area contributed by atoms with Crippen LogP contribution in [0.5, 0.6) is 5.75 Å². The lowest BCUT2D eigenvalue weighted by Gasteiger charge is -2.12. The van der Waals surface area contributed by atoms with Crippen molar-refractivity contribution in [2.45, 2.75) is 20.8 Å². The van der Waals surface area contributed by atoms with E-state index in [1.165, 1.54) is 9.66 Å². The van der Waals surface area contributed by atoms with E-state index in [-0.39, 0.29) is 0 Å². The van der Waals surface area contributed by atoms with Crippen molar-refractivity contribution in [3.63, 3.8) is 0 Å². The Morgan fingerprint density at radius 1 is 1.08 bits per heavy atom. The van der Waals surface area contributed by atoms with Crippen molar-refractivity contribution in [3.8, 4) is 5.75 Å². The van der Waals surface area contributed by atoms with E-state index in [2.05, 4.69) is 15.9 Å². The van der Waals surface area contributed by atoms with Crippen molar-refractivity contribution < 1.29 is 5.11 Å². The highest BCUT2D eigenvalue weighted by Crippen LogP contribution is 2.27. The molecule has 0 fully saturated rings. The number of phenols is 1. The predicted molar refractivity (Wildman–Crippen MR) is 59.6 cm³/mol. The van der Waals surface area contributed by atoms with Gasteiger partial charge in [0.2, 0.25) is 0 Å². The highest BCUT2D eigenvalue weighted by molar-refractivity contribution is 9.10. The minimum atomic E-state index is 0.459. The van der Waals surface area contributed by atoms with Crippen molar-refractivity contribution in [2.75, 3.05) is 0 Å². The molecule has 0 saturated carbocycles. The summed E-state index contributed by atoms with van der Waals surface area (Å²) in [5, 5.41) is 11.0. The number of rotatable bonds is 0. The van der Waals surface area contributed by atoms with Crippen molar-refractivity contribution >= 4 is 31.4 Å². The number of hydrogen-bond acceptors (Lipinski definition) is 1. The van der Waals surface area contributed by atoms with Crippen LogP contribution in [0.4, 0.5) is 0 Å². The van der Waals surface area contributed by atoms with Crippen molar-refractivity contribution in [2.24, 2.45) is 0 Å². The summed E-state index contributed by atoms with van der Waals surface area (Å²) in [4.78, 5) is 0. The maximum atomic E-state index is 9.69. The van der Waals surface area contributed by atoms with Gasteiger partial charge in [-0.25, -0.2) is 0 Å². The molecular formula is C9H13BrOSi. The van der Waals surface area contributed by atoms with Gasteiger partial charge in [0.15, 0.2) is 0 Å². The average molecular weight is 245 g/mol. The zero-order chi connectivity index (χ0) is 9.46. The Morgan fingerprint density at radius 2 is 1.58 bits per heavy atom. The molecule has 1 rings (SSSR count). The average Bonchev–Trinajstić information content (AvgIpc) is 2.08. The molecule has 0 saturated heterocycles. The van der Waals surface area contributed by atoms with Crippen LogP contribution in [-0.4, -0.2) is 15.3 Å². The van der Waals surface area contributed by atoms with Gasteiger partial charge in [0, 0.05) is 14.7 Å². The van der Waals surface area contributed by atoms with E-state index in [4.69, 9.17) is 0 Å². The maximum Gasteiger partial charge on any atom is 0.121 e. The maximum absolute atomic E-state index is 9.69. The fourth-order valence-electron chi connectivity index (χ4n) is 1.25. The second-order valence-electron chi connectivity index (χ2n) is 3.16. The van der Waals surface area contributed by atoms with Crippen LogP contribution in [0.15, 0.2) is 4.47 Å². The third-order valence-corrected chi connectivity index (χ3v) is 5.67. The number of hydrogen-bond donors (Lipinski definition) is 1. The molecule has 0 heterocycles. The molecule has 0 radical (unpaired) electrons. The molecule has 66 valence electrons. The molecule has 3 heteroatoms. The first kappa shape index (κ1) is 9.80. The summed E-state index contributed by atoms with van der Waals surface area (Å²) >= 11 is 3.54. The van der Waals surface area contributed by atoms with Crippen molar-refractivity contribution in [1.82, 2.24) is 0 Å². The van der Waals surface area contributed by atoms with Gasteiger partial charge in [0.25, 0.3) is 0 Å². The van der Waals surface area contributed by atoms with Gasteiger partial charge in [-0.2, -0.15) is 0 Å². The Bertz CT molecular complexity index is 229. The lowest BCUT2D eigenvalue weighted by molar-refractivity contribution is 0.467. The topological polar surface area (TPSA) is 20.2 Å². The van der Waals surface area contributed by atoms with Gasteiger partial charge in [-0.1, -0.05) is 21.1 Å². The molecular weight excluding hydrogens is 232 g/mol. The van der Waals surface area contributed by atoms with Gasteiger partial charge in [-0.05, 0) is 37.5 Å². The summed E-state index contributed by atoms with van der Waals surface area (Å²) in [6, 6.07) is 0. The molecule has 1 aromatic carbocycles. The summed E-state index contributed by atoms with van der Waals surface area (Å²) in [6.45, 7) is 5.94. The number of aromatic hydroxyl groups is 1. The van der Waals surface area contributed by atoms with Crippen LogP contribution in [0.25, 0.3) is 0 Å². The zero-order valence-electron chi connectivity index (χ0n) is 7.83. The van der Waals surface area contributed by atoms with Gasteiger partial charge in [0.05, 0.1) is 0 Å². The Balaban J connectivity index is 3.60. The van der Waals surface area contributed by atoms with Crippen LogP contribution in [0.1, 0.15) is 16.7 Å². The molecule has 12 heavy (non-hydrogen) atoms. The first-order valence-corrected chi connectivity index (χ1v) is 5.71. The van der Waals surface area contributed by atoms with Gasteiger partial charge in [-0.15, -0.1) is 0 Å². The Labute approximate surface area is 84.4 Å². The number of halogens is 1. The molecule has 0 aliphatic heterocycles. The van der Waals surface area contributed by atoms with Crippen LogP contribution >= 0.6 is 15.9 Å². The zero-order valence-corrected chi connectivity index (χ0v) is 11.4. The predicted octanol–water partition coefficient (Wildman–Crippen LogP) is 1.07. The normalized spacial score (nSPS) is 10.7. The van der Waals surface area contributed by atoms with E-state index >= 15 is 0 Å². The van der Waals surface area contributed by atoms with Gasteiger partial charge >= 0.3 is 0 Å². The monoisotopic (exact) mass is 244 g/mol. The minimum Gasteiger partial charge on any atom is -0.507 e. The summed E-state index contributed by atoms with van der Waals surface area (Å²) in [5.74, 6) is 0.459. The summed E-state index contributed by atoms with van der Waals surface area (Å²) in [6.07, 6.45) is 0. The molecule has 0 aliphatic carbocycles. The van der Waals surface area contributed by atoms with E-state index in [1.54, 1.807) is 0 Å². The second-order valence-corrected chi connectivity index (χ2v) is 4.96. The van der Waals surface area contributed by atoms with Gasteiger partial charge in [-0.3, -0.25) is 0 Å². The van der Waals surface area contributed by atoms with Crippen LogP contribution in [0, 0.1) is 20.8 Å². The van der Waals surface area contributed by atoms with Crippen LogP contribution in [-0.2, 0) is 0 Å². The van der Waals surface area contributed by atoms with E-state index < -0.39 is 0 Å².